The number of rotatable bonds is 2. The molecule has 0 aromatic carbocycles. The molecule has 0 radical (unpaired) electrons. The Hall–Kier alpha value is -1.63. The van der Waals surface area contributed by atoms with Gasteiger partial charge in [-0.25, -0.2) is 0 Å². The van der Waals surface area contributed by atoms with E-state index in [1.54, 1.807) is 30.6 Å². The molecule has 12 heavy (non-hydrogen) atoms. The summed E-state index contributed by atoms with van der Waals surface area (Å²) in [4.78, 5) is 3.88. The zero-order valence-electron chi connectivity index (χ0n) is 7.11. The minimum atomic E-state index is 1.06. The van der Waals surface area contributed by atoms with E-state index in [9.17, 15) is 0 Å². The van der Waals surface area contributed by atoms with Gasteiger partial charge in [-0.2, -0.15) is 0 Å². The number of nitrogens with zero attached hydrogens (tertiary/aromatic N) is 1. The van der Waals surface area contributed by atoms with Gasteiger partial charge >= 0.3 is 0 Å². The van der Waals surface area contributed by atoms with Gasteiger partial charge in [-0.3, -0.25) is 4.98 Å². The van der Waals surface area contributed by atoms with Gasteiger partial charge in [0.25, 0.3) is 0 Å². The van der Waals surface area contributed by atoms with Crippen molar-refractivity contribution in [3.05, 3.63) is 62.0 Å². The van der Waals surface area contributed by atoms with Crippen LogP contribution in [0.1, 0.15) is 5.56 Å². The van der Waals surface area contributed by atoms with Crippen LogP contribution in [0.3, 0.4) is 0 Å². The van der Waals surface area contributed by atoms with Gasteiger partial charge in [0.2, 0.25) is 0 Å². The third-order valence-electron chi connectivity index (χ3n) is 1.09. The van der Waals surface area contributed by atoms with E-state index >= 15 is 0 Å². The lowest BCUT2D eigenvalue weighted by molar-refractivity contribution is 1.32. The van der Waals surface area contributed by atoms with Gasteiger partial charge in [-0.15, -0.1) is 0 Å². The average molecular weight is 159 g/mol. The van der Waals surface area contributed by atoms with Gasteiger partial charge < -0.3 is 0 Å². The van der Waals surface area contributed by atoms with Crippen molar-refractivity contribution < 1.29 is 0 Å². The first-order valence-electron chi connectivity index (χ1n) is 3.61. The second-order valence-electron chi connectivity index (χ2n) is 1.96. The lowest BCUT2D eigenvalue weighted by Gasteiger charge is -1.84. The highest BCUT2D eigenvalue weighted by atomic mass is 14.6. The zero-order chi connectivity index (χ0) is 9.23. The Morgan fingerprint density at radius 3 is 2.08 bits per heavy atom. The first kappa shape index (κ1) is 10.4. The number of hydrogen-bond acceptors (Lipinski definition) is 1. The average Bonchev–Trinajstić information content (AvgIpc) is 2.19. The molecule has 0 aliphatic carbocycles. The Balaban J connectivity index is 0.000000261. The molecular formula is C11H13N. The van der Waals surface area contributed by atoms with E-state index < -0.39 is 0 Å². The molecule has 0 aliphatic rings. The number of pyridine rings is 1. The molecule has 1 aromatic rings. The molecular weight excluding hydrogens is 146 g/mol. The molecule has 0 amide bonds. The van der Waals surface area contributed by atoms with E-state index in [-0.39, 0.29) is 0 Å². The van der Waals surface area contributed by atoms with E-state index in [0.29, 0.717) is 0 Å². The van der Waals surface area contributed by atoms with Crippen LogP contribution in [-0.4, -0.2) is 4.98 Å². The maximum absolute atomic E-state index is 3.88. The van der Waals surface area contributed by atoms with Crippen molar-refractivity contribution in [3.63, 3.8) is 0 Å². The zero-order valence-corrected chi connectivity index (χ0v) is 7.11. The minimum Gasteiger partial charge on any atom is -0.264 e. The third kappa shape index (κ3) is 5.18. The largest absolute Gasteiger partial charge is 0.264 e. The molecule has 0 saturated heterocycles. The summed E-state index contributed by atoms with van der Waals surface area (Å²) in [6.45, 7) is 10.3. The summed E-state index contributed by atoms with van der Waals surface area (Å²) in [7, 11) is 0. The fourth-order valence-corrected chi connectivity index (χ4v) is 0.497. The third-order valence-corrected chi connectivity index (χ3v) is 1.09. The van der Waals surface area contributed by atoms with Crippen molar-refractivity contribution in [3.8, 4) is 0 Å². The second kappa shape index (κ2) is 7.48. The molecule has 1 aromatic heterocycles. The summed E-state index contributed by atoms with van der Waals surface area (Å²) in [5.41, 5.74) is 1.06. The van der Waals surface area contributed by atoms with Gasteiger partial charge in [0.05, 0.1) is 0 Å². The first-order valence-corrected chi connectivity index (χ1v) is 3.61. The van der Waals surface area contributed by atoms with E-state index in [2.05, 4.69) is 24.7 Å². The van der Waals surface area contributed by atoms with Crippen molar-refractivity contribution in [1.29, 1.82) is 0 Å². The van der Waals surface area contributed by atoms with Crippen molar-refractivity contribution in [1.82, 2.24) is 4.98 Å². The maximum atomic E-state index is 3.88. The van der Waals surface area contributed by atoms with Gasteiger partial charge in [0.1, 0.15) is 0 Å². The monoisotopic (exact) mass is 159 g/mol. The Bertz CT molecular complexity index is 230. The van der Waals surface area contributed by atoms with Crippen molar-refractivity contribution in [2.75, 3.05) is 0 Å². The molecule has 0 saturated carbocycles. The molecule has 1 heteroatoms. The summed E-state index contributed by atoms with van der Waals surface area (Å²) >= 11 is 0. The van der Waals surface area contributed by atoms with E-state index in [1.807, 2.05) is 12.1 Å². The Kier molecular flexibility index (Phi) is 6.46. The van der Waals surface area contributed by atoms with Crippen LogP contribution >= 0.6 is 0 Å². The van der Waals surface area contributed by atoms with Crippen LogP contribution in [0.5, 0.6) is 0 Å². The van der Waals surface area contributed by atoms with Gasteiger partial charge in [-0.05, 0) is 11.6 Å². The quantitative estimate of drug-likeness (QED) is 0.604. The van der Waals surface area contributed by atoms with Crippen molar-refractivity contribution in [2.45, 2.75) is 0 Å². The van der Waals surface area contributed by atoms with E-state index in [1.165, 1.54) is 0 Å². The summed E-state index contributed by atoms with van der Waals surface area (Å²) < 4.78 is 0. The molecule has 1 nitrogen and oxygen atoms in total. The predicted octanol–water partition coefficient (Wildman–Crippen LogP) is 3.08. The molecule has 0 bridgehead atoms. The minimum absolute atomic E-state index is 1.06. The molecule has 0 aliphatic heterocycles. The standard InChI is InChI=1S/C7H7N.C4H6/c1-2-7-4-3-5-8-6-7;1-3-4-2/h2-6H,1H2;3-4H,1-2H2. The highest BCUT2D eigenvalue weighted by Crippen LogP contribution is 1.94. The normalized spacial score (nSPS) is 7.33. The van der Waals surface area contributed by atoms with Crippen molar-refractivity contribution in [2.24, 2.45) is 0 Å². The number of allylic oxidation sites excluding steroid dienone is 2. The lowest BCUT2D eigenvalue weighted by atomic mass is 10.3. The maximum Gasteiger partial charge on any atom is 0.0340 e. The van der Waals surface area contributed by atoms with Gasteiger partial charge in [-0.1, -0.05) is 44.0 Å². The van der Waals surface area contributed by atoms with E-state index in [4.69, 9.17) is 0 Å². The highest BCUT2D eigenvalue weighted by Gasteiger charge is 1.77. The summed E-state index contributed by atoms with van der Waals surface area (Å²) in [6, 6.07) is 3.84. The summed E-state index contributed by atoms with van der Waals surface area (Å²) in [6.07, 6.45) is 8.56. The molecule has 0 spiro atoms. The molecule has 1 heterocycles. The molecule has 1 rings (SSSR count). The molecule has 0 N–H and O–H groups in total. The van der Waals surface area contributed by atoms with E-state index in [0.717, 1.165) is 5.56 Å². The second-order valence-corrected chi connectivity index (χ2v) is 1.96. The van der Waals surface area contributed by atoms with Gasteiger partial charge in [0.15, 0.2) is 0 Å². The van der Waals surface area contributed by atoms with Crippen molar-refractivity contribution >= 4 is 6.08 Å². The first-order chi connectivity index (χ1) is 5.85. The molecule has 0 atom stereocenters. The number of aromatic nitrogens is 1. The molecule has 62 valence electrons. The van der Waals surface area contributed by atoms with Crippen LogP contribution in [0, 0.1) is 0 Å². The van der Waals surface area contributed by atoms with Gasteiger partial charge in [0, 0.05) is 12.4 Å². The van der Waals surface area contributed by atoms with Crippen LogP contribution in [0.25, 0.3) is 6.08 Å². The SMILES string of the molecule is C=CC=C.C=Cc1cccnc1. The topological polar surface area (TPSA) is 12.9 Å². The Morgan fingerprint density at radius 1 is 1.17 bits per heavy atom. The lowest BCUT2D eigenvalue weighted by Crippen LogP contribution is -1.70. The van der Waals surface area contributed by atoms with Crippen LogP contribution < -0.4 is 0 Å². The Morgan fingerprint density at radius 2 is 1.83 bits per heavy atom. The smallest absolute Gasteiger partial charge is 0.0340 e. The molecule has 0 unspecified atom stereocenters. The Labute approximate surface area is 73.8 Å². The fourth-order valence-electron chi connectivity index (χ4n) is 0.497. The van der Waals surface area contributed by atoms with Crippen LogP contribution in [0.15, 0.2) is 56.4 Å². The van der Waals surface area contributed by atoms with Crippen LogP contribution in [0.4, 0.5) is 0 Å². The predicted molar refractivity (Wildman–Crippen MR) is 54.7 cm³/mol. The molecule has 0 fully saturated rings. The summed E-state index contributed by atoms with van der Waals surface area (Å²) in [5.74, 6) is 0. The fraction of sp³-hybridized carbons (Fsp3) is 0. The highest BCUT2D eigenvalue weighted by molar-refractivity contribution is 5.44. The van der Waals surface area contributed by atoms with Crippen LogP contribution in [-0.2, 0) is 0 Å². The number of hydrogen-bond donors (Lipinski definition) is 0. The van der Waals surface area contributed by atoms with Crippen LogP contribution in [0.2, 0.25) is 0 Å². The summed E-state index contributed by atoms with van der Waals surface area (Å²) in [5, 5.41) is 0.